The Kier molecular flexibility index (Phi) is 3.95. The minimum Gasteiger partial charge on any atom is -0.316 e. The van der Waals surface area contributed by atoms with Crippen LogP contribution in [-0.2, 0) is 6.42 Å². The molecule has 1 aromatic heterocycles. The largest absolute Gasteiger partial charge is 0.316 e. The third-order valence-corrected chi connectivity index (χ3v) is 4.71. The minimum atomic E-state index is -0.163. The average molecular weight is 275 g/mol. The van der Waals surface area contributed by atoms with E-state index < -0.39 is 0 Å². The van der Waals surface area contributed by atoms with Crippen molar-refractivity contribution in [1.82, 2.24) is 5.32 Å². The summed E-state index contributed by atoms with van der Waals surface area (Å²) in [6, 6.07) is 9.06. The second kappa shape index (κ2) is 5.85. The summed E-state index contributed by atoms with van der Waals surface area (Å²) < 4.78 is 13.2. The number of rotatable bonds is 3. The van der Waals surface area contributed by atoms with Crippen LogP contribution in [0.3, 0.4) is 0 Å². The van der Waals surface area contributed by atoms with Crippen LogP contribution in [0.15, 0.2) is 35.7 Å². The van der Waals surface area contributed by atoms with Gasteiger partial charge in [0.25, 0.3) is 0 Å². The van der Waals surface area contributed by atoms with Gasteiger partial charge < -0.3 is 5.32 Å². The summed E-state index contributed by atoms with van der Waals surface area (Å²) in [7, 11) is 0. The van der Waals surface area contributed by atoms with E-state index in [0.717, 1.165) is 31.0 Å². The fourth-order valence-electron chi connectivity index (χ4n) is 2.71. The van der Waals surface area contributed by atoms with Gasteiger partial charge in [-0.05, 0) is 73.0 Å². The van der Waals surface area contributed by atoms with E-state index >= 15 is 0 Å². The second-order valence-electron chi connectivity index (χ2n) is 5.25. The Morgan fingerprint density at radius 1 is 1.32 bits per heavy atom. The quantitative estimate of drug-likeness (QED) is 0.889. The fourth-order valence-corrected chi connectivity index (χ4v) is 3.63. The van der Waals surface area contributed by atoms with Crippen LogP contribution < -0.4 is 5.32 Å². The van der Waals surface area contributed by atoms with Gasteiger partial charge in [-0.3, -0.25) is 0 Å². The lowest BCUT2D eigenvalue weighted by Gasteiger charge is -2.22. The highest BCUT2D eigenvalue weighted by Gasteiger charge is 2.14. The van der Waals surface area contributed by atoms with Crippen molar-refractivity contribution >= 4 is 11.3 Å². The highest BCUT2D eigenvalue weighted by atomic mass is 32.1. The maximum absolute atomic E-state index is 13.2. The molecule has 0 bridgehead atoms. The van der Waals surface area contributed by atoms with Gasteiger partial charge in [0.1, 0.15) is 5.82 Å². The highest BCUT2D eigenvalue weighted by molar-refractivity contribution is 7.13. The Morgan fingerprint density at radius 2 is 2.26 bits per heavy atom. The maximum atomic E-state index is 13.2. The first-order chi connectivity index (χ1) is 9.31. The maximum Gasteiger partial charge on any atom is 0.123 e. The van der Waals surface area contributed by atoms with Crippen molar-refractivity contribution in [3.05, 3.63) is 47.1 Å². The standard InChI is InChI=1S/C16H18FNS/c17-15-5-1-4-14(9-15)16-8-13(11-19-16)7-12-3-2-6-18-10-12/h1,4-5,8-9,11-12,18H,2-3,6-7,10H2. The number of piperidine rings is 1. The normalized spacial score (nSPS) is 19.5. The highest BCUT2D eigenvalue weighted by Crippen LogP contribution is 2.29. The number of nitrogens with one attached hydrogen (secondary N) is 1. The third kappa shape index (κ3) is 3.23. The molecule has 1 atom stereocenters. The van der Waals surface area contributed by atoms with E-state index in [2.05, 4.69) is 16.8 Å². The van der Waals surface area contributed by atoms with Crippen LogP contribution in [0.25, 0.3) is 10.4 Å². The number of halogens is 1. The first-order valence-corrected chi connectivity index (χ1v) is 7.73. The molecule has 1 saturated heterocycles. The van der Waals surface area contributed by atoms with Gasteiger partial charge in [-0.15, -0.1) is 11.3 Å². The van der Waals surface area contributed by atoms with E-state index in [1.807, 2.05) is 6.07 Å². The molecule has 0 aliphatic carbocycles. The average Bonchev–Trinajstić information content (AvgIpc) is 2.88. The number of thiophene rings is 1. The summed E-state index contributed by atoms with van der Waals surface area (Å²) in [6.45, 7) is 2.29. The molecule has 2 aromatic rings. The van der Waals surface area contributed by atoms with E-state index in [4.69, 9.17) is 0 Å². The molecule has 3 heteroatoms. The van der Waals surface area contributed by atoms with Crippen LogP contribution in [-0.4, -0.2) is 13.1 Å². The monoisotopic (exact) mass is 275 g/mol. The smallest absolute Gasteiger partial charge is 0.123 e. The Balaban J connectivity index is 1.72. The second-order valence-corrected chi connectivity index (χ2v) is 6.16. The molecule has 1 nitrogen and oxygen atoms in total. The predicted molar refractivity (Wildman–Crippen MR) is 79.0 cm³/mol. The molecule has 0 amide bonds. The predicted octanol–water partition coefficient (Wildman–Crippen LogP) is 4.10. The Morgan fingerprint density at radius 3 is 3.05 bits per heavy atom. The lowest BCUT2D eigenvalue weighted by atomic mass is 9.93. The van der Waals surface area contributed by atoms with Crippen molar-refractivity contribution in [3.63, 3.8) is 0 Å². The molecule has 2 heterocycles. The van der Waals surface area contributed by atoms with E-state index in [0.29, 0.717) is 0 Å². The molecular formula is C16H18FNS. The fraction of sp³-hybridized carbons (Fsp3) is 0.375. The first-order valence-electron chi connectivity index (χ1n) is 6.85. The summed E-state index contributed by atoms with van der Waals surface area (Å²) in [5.74, 6) is 0.590. The van der Waals surface area contributed by atoms with E-state index in [-0.39, 0.29) is 5.82 Å². The van der Waals surface area contributed by atoms with Crippen molar-refractivity contribution < 1.29 is 4.39 Å². The molecule has 1 fully saturated rings. The topological polar surface area (TPSA) is 12.0 Å². The van der Waals surface area contributed by atoms with Gasteiger partial charge in [0.05, 0.1) is 0 Å². The Bertz CT molecular complexity index is 543. The summed E-state index contributed by atoms with van der Waals surface area (Å²) in [4.78, 5) is 1.17. The van der Waals surface area contributed by atoms with Gasteiger partial charge in [0.2, 0.25) is 0 Å². The molecule has 1 N–H and O–H groups in total. The molecule has 1 aliphatic rings. The molecule has 0 saturated carbocycles. The lowest BCUT2D eigenvalue weighted by molar-refractivity contribution is 0.376. The molecule has 3 rings (SSSR count). The summed E-state index contributed by atoms with van der Waals surface area (Å²) >= 11 is 1.71. The van der Waals surface area contributed by atoms with Crippen LogP contribution in [0.4, 0.5) is 4.39 Å². The molecule has 1 unspecified atom stereocenters. The zero-order valence-electron chi connectivity index (χ0n) is 10.9. The summed E-state index contributed by atoms with van der Waals surface area (Å²) in [5.41, 5.74) is 2.37. The van der Waals surface area contributed by atoms with Crippen LogP contribution in [0.2, 0.25) is 0 Å². The van der Waals surface area contributed by atoms with Gasteiger partial charge in [-0.2, -0.15) is 0 Å². The Hall–Kier alpha value is -1.19. The minimum absolute atomic E-state index is 0.163. The molecule has 0 radical (unpaired) electrons. The molecule has 19 heavy (non-hydrogen) atoms. The van der Waals surface area contributed by atoms with Gasteiger partial charge >= 0.3 is 0 Å². The zero-order valence-corrected chi connectivity index (χ0v) is 11.7. The Labute approximate surface area is 117 Å². The molecule has 0 spiro atoms. The number of benzene rings is 1. The van der Waals surface area contributed by atoms with E-state index in [9.17, 15) is 4.39 Å². The number of hydrogen-bond donors (Lipinski definition) is 1. The van der Waals surface area contributed by atoms with Gasteiger partial charge in [-0.25, -0.2) is 4.39 Å². The van der Waals surface area contributed by atoms with Crippen molar-refractivity contribution in [2.75, 3.05) is 13.1 Å². The van der Waals surface area contributed by atoms with Gasteiger partial charge in [0, 0.05) is 4.88 Å². The van der Waals surface area contributed by atoms with Crippen molar-refractivity contribution in [1.29, 1.82) is 0 Å². The number of hydrogen-bond acceptors (Lipinski definition) is 2. The third-order valence-electron chi connectivity index (χ3n) is 3.69. The van der Waals surface area contributed by atoms with Crippen LogP contribution in [0, 0.1) is 11.7 Å². The summed E-state index contributed by atoms with van der Waals surface area (Å²) in [5, 5.41) is 5.67. The van der Waals surface area contributed by atoms with Gasteiger partial charge in [0.15, 0.2) is 0 Å². The van der Waals surface area contributed by atoms with Crippen molar-refractivity contribution in [2.45, 2.75) is 19.3 Å². The molecular weight excluding hydrogens is 257 g/mol. The van der Waals surface area contributed by atoms with E-state index in [1.165, 1.54) is 29.3 Å². The van der Waals surface area contributed by atoms with Crippen molar-refractivity contribution in [3.8, 4) is 10.4 Å². The van der Waals surface area contributed by atoms with E-state index in [1.54, 1.807) is 23.5 Å². The first kappa shape index (κ1) is 12.8. The molecule has 1 aromatic carbocycles. The SMILES string of the molecule is Fc1cccc(-c2cc(CC3CCCNC3)cs2)c1. The zero-order chi connectivity index (χ0) is 13.1. The van der Waals surface area contributed by atoms with Crippen LogP contribution in [0.1, 0.15) is 18.4 Å². The molecule has 1 aliphatic heterocycles. The summed E-state index contributed by atoms with van der Waals surface area (Å²) in [6.07, 6.45) is 3.74. The lowest BCUT2D eigenvalue weighted by Crippen LogP contribution is -2.30. The molecule has 100 valence electrons. The van der Waals surface area contributed by atoms with Crippen molar-refractivity contribution in [2.24, 2.45) is 5.92 Å². The van der Waals surface area contributed by atoms with Gasteiger partial charge in [-0.1, -0.05) is 12.1 Å². The van der Waals surface area contributed by atoms with Crippen LogP contribution in [0.5, 0.6) is 0 Å². The van der Waals surface area contributed by atoms with Crippen LogP contribution >= 0.6 is 11.3 Å².